The lowest BCUT2D eigenvalue weighted by Crippen LogP contribution is -2.36. The lowest BCUT2D eigenvalue weighted by molar-refractivity contribution is 0.102. The summed E-state index contributed by atoms with van der Waals surface area (Å²) in [5, 5.41) is 12.4. The first kappa shape index (κ1) is 19.2. The van der Waals surface area contributed by atoms with E-state index in [-0.39, 0.29) is 21.9 Å². The molecule has 7 heteroatoms. The maximum Gasteiger partial charge on any atom is 0.255 e. The molecular weight excluding hydrogens is 388 g/mol. The number of sulfonamides is 1. The number of amides is 1. The first-order chi connectivity index (χ1) is 13.9. The van der Waals surface area contributed by atoms with E-state index in [9.17, 15) is 18.3 Å². The van der Waals surface area contributed by atoms with Crippen molar-refractivity contribution in [3.05, 3.63) is 89.5 Å². The van der Waals surface area contributed by atoms with Crippen molar-refractivity contribution >= 4 is 21.6 Å². The maximum absolute atomic E-state index is 13.1. The van der Waals surface area contributed by atoms with Gasteiger partial charge in [-0.2, -0.15) is 4.31 Å². The average Bonchev–Trinajstić information content (AvgIpc) is 2.75. The fourth-order valence-electron chi connectivity index (χ4n) is 3.40. The molecular formula is C22H20N2O4S. The topological polar surface area (TPSA) is 86.7 Å². The van der Waals surface area contributed by atoms with E-state index in [2.05, 4.69) is 5.32 Å². The third kappa shape index (κ3) is 3.87. The second kappa shape index (κ2) is 7.69. The second-order valence-electron chi connectivity index (χ2n) is 6.86. The minimum absolute atomic E-state index is 0.0587. The van der Waals surface area contributed by atoms with Crippen LogP contribution in [-0.4, -0.2) is 30.3 Å². The molecule has 2 N–H and O–H groups in total. The van der Waals surface area contributed by atoms with Crippen molar-refractivity contribution in [3.63, 3.8) is 0 Å². The molecule has 3 aromatic carbocycles. The zero-order chi connectivity index (χ0) is 20.4. The van der Waals surface area contributed by atoms with Gasteiger partial charge in [-0.25, -0.2) is 8.42 Å². The Bertz CT molecular complexity index is 1170. The number of carbonyl (C=O) groups excluding carboxylic acids is 1. The smallest absolute Gasteiger partial charge is 0.255 e. The van der Waals surface area contributed by atoms with Crippen molar-refractivity contribution in [3.8, 4) is 5.75 Å². The summed E-state index contributed by atoms with van der Waals surface area (Å²) in [4.78, 5) is 12.6. The van der Waals surface area contributed by atoms with Crippen LogP contribution < -0.4 is 5.32 Å². The van der Waals surface area contributed by atoms with Gasteiger partial charge >= 0.3 is 0 Å². The summed E-state index contributed by atoms with van der Waals surface area (Å²) in [5.74, 6) is -0.552. The Hall–Kier alpha value is -3.16. The quantitative estimate of drug-likeness (QED) is 0.648. The molecule has 0 saturated heterocycles. The van der Waals surface area contributed by atoms with E-state index in [0.717, 1.165) is 11.1 Å². The van der Waals surface area contributed by atoms with Crippen molar-refractivity contribution in [2.45, 2.75) is 17.9 Å². The molecule has 3 aromatic rings. The largest absolute Gasteiger partial charge is 0.506 e. The average molecular weight is 408 g/mol. The highest BCUT2D eigenvalue weighted by Gasteiger charge is 2.28. The zero-order valence-electron chi connectivity index (χ0n) is 15.6. The van der Waals surface area contributed by atoms with Gasteiger partial charge in [0.15, 0.2) is 0 Å². The van der Waals surface area contributed by atoms with Crippen molar-refractivity contribution in [2.75, 3.05) is 11.9 Å². The molecule has 4 rings (SSSR count). The third-order valence-corrected chi connectivity index (χ3v) is 6.82. The predicted molar refractivity (Wildman–Crippen MR) is 110 cm³/mol. The molecule has 148 valence electrons. The van der Waals surface area contributed by atoms with Gasteiger partial charge in [0, 0.05) is 18.7 Å². The minimum Gasteiger partial charge on any atom is -0.506 e. The van der Waals surface area contributed by atoms with E-state index in [0.29, 0.717) is 19.5 Å². The van der Waals surface area contributed by atoms with Gasteiger partial charge in [-0.1, -0.05) is 42.5 Å². The highest BCUT2D eigenvalue weighted by molar-refractivity contribution is 7.89. The van der Waals surface area contributed by atoms with Gasteiger partial charge in [0.05, 0.1) is 10.6 Å². The predicted octanol–water partition coefficient (Wildman–Crippen LogP) is 3.39. The molecule has 29 heavy (non-hydrogen) atoms. The highest BCUT2D eigenvalue weighted by atomic mass is 32.2. The summed E-state index contributed by atoms with van der Waals surface area (Å²) in [7, 11) is -3.74. The van der Waals surface area contributed by atoms with Gasteiger partial charge in [0.25, 0.3) is 5.91 Å². The molecule has 6 nitrogen and oxygen atoms in total. The Balaban J connectivity index is 1.58. The molecule has 0 fully saturated rings. The van der Waals surface area contributed by atoms with E-state index < -0.39 is 15.9 Å². The number of nitrogens with one attached hydrogen (secondary N) is 1. The van der Waals surface area contributed by atoms with Crippen LogP contribution in [0.25, 0.3) is 0 Å². The number of para-hydroxylation sites is 2. The van der Waals surface area contributed by atoms with Gasteiger partial charge in [-0.3, -0.25) is 4.79 Å². The number of aromatic hydroxyl groups is 1. The Kier molecular flexibility index (Phi) is 5.08. The number of phenols is 1. The Labute approximate surface area is 169 Å². The minimum atomic E-state index is -3.74. The van der Waals surface area contributed by atoms with E-state index in [1.807, 2.05) is 24.3 Å². The molecule has 0 atom stereocenters. The molecule has 0 unspecified atom stereocenters. The third-order valence-electron chi connectivity index (χ3n) is 4.98. The summed E-state index contributed by atoms with van der Waals surface area (Å²) in [6.07, 6.45) is 0.656. The van der Waals surface area contributed by atoms with Crippen LogP contribution in [0, 0.1) is 0 Å². The molecule has 1 aliphatic heterocycles. The highest BCUT2D eigenvalue weighted by Crippen LogP contribution is 2.26. The fraction of sp³-hybridized carbons (Fsp3) is 0.136. The molecule has 0 bridgehead atoms. The van der Waals surface area contributed by atoms with E-state index in [4.69, 9.17) is 0 Å². The van der Waals surface area contributed by atoms with E-state index in [1.54, 1.807) is 30.3 Å². The lowest BCUT2D eigenvalue weighted by atomic mass is 10.0. The number of phenolic OH excluding ortho intramolecular Hbond substituents is 1. The molecule has 1 aliphatic rings. The molecule has 0 radical (unpaired) electrons. The SMILES string of the molecule is O=C(Nc1ccccc1O)c1cccc(S(=O)(=O)N2CCc3ccccc3C2)c1. The van der Waals surface area contributed by atoms with Crippen LogP contribution in [0.3, 0.4) is 0 Å². The number of rotatable bonds is 4. The fourth-order valence-corrected chi connectivity index (χ4v) is 4.86. The van der Waals surface area contributed by atoms with Gasteiger partial charge in [-0.15, -0.1) is 0 Å². The number of fused-ring (bicyclic) bond motifs is 1. The number of benzene rings is 3. The van der Waals surface area contributed by atoms with Crippen LogP contribution in [-0.2, 0) is 23.0 Å². The normalized spacial score (nSPS) is 14.2. The van der Waals surface area contributed by atoms with Crippen LogP contribution in [0.1, 0.15) is 21.5 Å². The summed E-state index contributed by atoms with van der Waals surface area (Å²) < 4.78 is 27.7. The molecule has 0 saturated carbocycles. The molecule has 0 aromatic heterocycles. The second-order valence-corrected chi connectivity index (χ2v) is 8.79. The molecule has 1 heterocycles. The summed E-state index contributed by atoms with van der Waals surface area (Å²) in [5.41, 5.74) is 2.62. The number of anilines is 1. The monoisotopic (exact) mass is 408 g/mol. The number of hydrogen-bond donors (Lipinski definition) is 2. The van der Waals surface area contributed by atoms with Crippen LogP contribution in [0.2, 0.25) is 0 Å². The standard InChI is InChI=1S/C22H20N2O4S/c25-21-11-4-3-10-20(21)23-22(26)17-8-5-9-19(14-17)29(27,28)24-13-12-16-6-1-2-7-18(16)15-24/h1-11,14,25H,12-13,15H2,(H,23,26). The van der Waals surface area contributed by atoms with E-state index >= 15 is 0 Å². The van der Waals surface area contributed by atoms with Gasteiger partial charge < -0.3 is 10.4 Å². The lowest BCUT2D eigenvalue weighted by Gasteiger charge is -2.28. The van der Waals surface area contributed by atoms with Crippen LogP contribution >= 0.6 is 0 Å². The van der Waals surface area contributed by atoms with Crippen LogP contribution in [0.15, 0.2) is 77.7 Å². The number of hydrogen-bond acceptors (Lipinski definition) is 4. The Morgan fingerprint density at radius 1 is 0.931 bits per heavy atom. The molecule has 0 aliphatic carbocycles. The Morgan fingerprint density at radius 3 is 2.45 bits per heavy atom. The van der Waals surface area contributed by atoms with Crippen molar-refractivity contribution < 1.29 is 18.3 Å². The summed E-state index contributed by atoms with van der Waals surface area (Å²) >= 11 is 0. The first-order valence-corrected chi connectivity index (χ1v) is 10.7. The van der Waals surface area contributed by atoms with Gasteiger partial charge in [0.2, 0.25) is 10.0 Å². The van der Waals surface area contributed by atoms with Crippen LogP contribution in [0.4, 0.5) is 5.69 Å². The van der Waals surface area contributed by atoms with E-state index in [1.165, 1.54) is 22.5 Å². The first-order valence-electron chi connectivity index (χ1n) is 9.21. The molecule has 0 spiro atoms. The van der Waals surface area contributed by atoms with Crippen molar-refractivity contribution in [1.82, 2.24) is 4.31 Å². The number of carbonyl (C=O) groups is 1. The van der Waals surface area contributed by atoms with Crippen LogP contribution in [0.5, 0.6) is 5.75 Å². The van der Waals surface area contributed by atoms with Crippen molar-refractivity contribution in [2.24, 2.45) is 0 Å². The van der Waals surface area contributed by atoms with Gasteiger partial charge in [0.1, 0.15) is 5.75 Å². The molecule has 1 amide bonds. The number of nitrogens with zero attached hydrogens (tertiary/aromatic N) is 1. The van der Waals surface area contributed by atoms with Crippen molar-refractivity contribution in [1.29, 1.82) is 0 Å². The maximum atomic E-state index is 13.1. The zero-order valence-corrected chi connectivity index (χ0v) is 16.4. The summed E-state index contributed by atoms with van der Waals surface area (Å²) in [6.45, 7) is 0.709. The Morgan fingerprint density at radius 2 is 1.66 bits per heavy atom. The summed E-state index contributed by atoms with van der Waals surface area (Å²) in [6, 6.07) is 20.1. The van der Waals surface area contributed by atoms with Gasteiger partial charge in [-0.05, 0) is 47.9 Å².